The molecule has 0 bridgehead atoms. The highest BCUT2D eigenvalue weighted by Gasteiger charge is 2.07. The molecule has 3 aromatic carbocycles. The Morgan fingerprint density at radius 1 is 0.737 bits per heavy atom. The summed E-state index contributed by atoms with van der Waals surface area (Å²) in [5, 5.41) is 2.52. The van der Waals surface area contributed by atoms with E-state index in [-0.39, 0.29) is 6.10 Å². The number of para-hydroxylation sites is 1. The maximum atomic E-state index is 5.95. The molecule has 1 heteroatoms. The molecule has 19 heavy (non-hydrogen) atoms. The molecule has 0 heterocycles. The predicted molar refractivity (Wildman–Crippen MR) is 79.4 cm³/mol. The highest BCUT2D eigenvalue weighted by Crippen LogP contribution is 2.24. The SMILES string of the molecule is CC(Oc1ccccc1)c1ccc2ccccc2c1. The van der Waals surface area contributed by atoms with Crippen LogP contribution in [-0.4, -0.2) is 0 Å². The van der Waals surface area contributed by atoms with E-state index in [1.807, 2.05) is 30.3 Å². The minimum absolute atomic E-state index is 0.0482. The topological polar surface area (TPSA) is 9.23 Å². The smallest absolute Gasteiger partial charge is 0.121 e. The van der Waals surface area contributed by atoms with E-state index in [0.717, 1.165) is 5.75 Å². The van der Waals surface area contributed by atoms with Crippen molar-refractivity contribution < 1.29 is 4.74 Å². The van der Waals surface area contributed by atoms with Crippen LogP contribution in [0.25, 0.3) is 10.8 Å². The molecule has 1 nitrogen and oxygen atoms in total. The molecule has 0 saturated carbocycles. The highest BCUT2D eigenvalue weighted by molar-refractivity contribution is 5.83. The predicted octanol–water partition coefficient (Wildman–Crippen LogP) is 4.98. The van der Waals surface area contributed by atoms with E-state index in [0.29, 0.717) is 0 Å². The molecule has 0 aliphatic rings. The van der Waals surface area contributed by atoms with E-state index in [1.165, 1.54) is 16.3 Å². The maximum absolute atomic E-state index is 5.95. The molecule has 0 aliphatic heterocycles. The van der Waals surface area contributed by atoms with Crippen LogP contribution in [0.3, 0.4) is 0 Å². The Kier molecular flexibility index (Phi) is 3.20. The molecule has 0 aromatic heterocycles. The molecule has 0 amide bonds. The molecule has 0 saturated heterocycles. The molecule has 94 valence electrons. The second kappa shape index (κ2) is 5.15. The average Bonchev–Trinajstić information content (AvgIpc) is 2.48. The number of fused-ring (bicyclic) bond motifs is 1. The summed E-state index contributed by atoms with van der Waals surface area (Å²) in [5.74, 6) is 0.906. The van der Waals surface area contributed by atoms with Crippen molar-refractivity contribution >= 4 is 10.8 Å². The van der Waals surface area contributed by atoms with Crippen molar-refractivity contribution in [3.8, 4) is 5.75 Å². The number of hydrogen-bond donors (Lipinski definition) is 0. The van der Waals surface area contributed by atoms with Gasteiger partial charge in [-0.05, 0) is 41.5 Å². The zero-order chi connectivity index (χ0) is 13.1. The first kappa shape index (κ1) is 11.8. The molecule has 1 unspecified atom stereocenters. The first-order valence-electron chi connectivity index (χ1n) is 6.53. The van der Waals surface area contributed by atoms with Crippen molar-refractivity contribution in [3.05, 3.63) is 78.4 Å². The average molecular weight is 248 g/mol. The Morgan fingerprint density at radius 2 is 1.42 bits per heavy atom. The van der Waals surface area contributed by atoms with Crippen molar-refractivity contribution in [1.29, 1.82) is 0 Å². The van der Waals surface area contributed by atoms with E-state index < -0.39 is 0 Å². The van der Waals surface area contributed by atoms with Gasteiger partial charge in [0.05, 0.1) is 0 Å². The zero-order valence-corrected chi connectivity index (χ0v) is 10.9. The van der Waals surface area contributed by atoms with Gasteiger partial charge in [0.15, 0.2) is 0 Å². The van der Waals surface area contributed by atoms with Gasteiger partial charge in [-0.25, -0.2) is 0 Å². The van der Waals surface area contributed by atoms with Crippen molar-refractivity contribution in [3.63, 3.8) is 0 Å². The Labute approximate surface area is 113 Å². The molecule has 3 rings (SSSR count). The molecule has 0 N–H and O–H groups in total. The standard InChI is InChI=1S/C18H16O/c1-14(19-18-9-3-2-4-10-18)16-12-11-15-7-5-6-8-17(15)13-16/h2-14H,1H3. The molecule has 1 atom stereocenters. The third-order valence-corrected chi connectivity index (χ3v) is 3.30. The van der Waals surface area contributed by atoms with Gasteiger partial charge in [0, 0.05) is 0 Å². The van der Waals surface area contributed by atoms with Crippen molar-refractivity contribution in [2.75, 3.05) is 0 Å². The van der Waals surface area contributed by atoms with Gasteiger partial charge < -0.3 is 4.74 Å². The molecule has 0 spiro atoms. The lowest BCUT2D eigenvalue weighted by Crippen LogP contribution is -2.02. The summed E-state index contributed by atoms with van der Waals surface area (Å²) in [4.78, 5) is 0. The Bertz CT molecular complexity index is 673. The van der Waals surface area contributed by atoms with Gasteiger partial charge in [0.1, 0.15) is 11.9 Å². The van der Waals surface area contributed by atoms with E-state index in [1.54, 1.807) is 0 Å². The molecule has 0 aliphatic carbocycles. The second-order valence-electron chi connectivity index (χ2n) is 4.68. The van der Waals surface area contributed by atoms with E-state index >= 15 is 0 Å². The van der Waals surface area contributed by atoms with Crippen LogP contribution in [0.1, 0.15) is 18.6 Å². The lowest BCUT2D eigenvalue weighted by Gasteiger charge is -2.15. The van der Waals surface area contributed by atoms with Gasteiger partial charge in [-0.1, -0.05) is 54.6 Å². The first-order chi connectivity index (χ1) is 9.33. The summed E-state index contributed by atoms with van der Waals surface area (Å²) in [7, 11) is 0. The Balaban J connectivity index is 1.87. The summed E-state index contributed by atoms with van der Waals surface area (Å²) in [6.45, 7) is 2.08. The molecular weight excluding hydrogens is 232 g/mol. The number of ether oxygens (including phenoxy) is 1. The van der Waals surface area contributed by atoms with Gasteiger partial charge in [0.2, 0.25) is 0 Å². The lowest BCUT2D eigenvalue weighted by atomic mass is 10.0. The summed E-state index contributed by atoms with van der Waals surface area (Å²) >= 11 is 0. The van der Waals surface area contributed by atoms with Crippen molar-refractivity contribution in [2.45, 2.75) is 13.0 Å². The van der Waals surface area contributed by atoms with Gasteiger partial charge in [-0.15, -0.1) is 0 Å². The summed E-state index contributed by atoms with van der Waals surface area (Å²) in [6.07, 6.45) is 0.0482. The summed E-state index contributed by atoms with van der Waals surface area (Å²) in [5.41, 5.74) is 1.20. The van der Waals surface area contributed by atoms with Crippen LogP contribution in [0.2, 0.25) is 0 Å². The zero-order valence-electron chi connectivity index (χ0n) is 10.9. The quantitative estimate of drug-likeness (QED) is 0.635. The Hall–Kier alpha value is -2.28. The van der Waals surface area contributed by atoms with Crippen LogP contribution in [0, 0.1) is 0 Å². The van der Waals surface area contributed by atoms with E-state index in [9.17, 15) is 0 Å². The fourth-order valence-electron chi connectivity index (χ4n) is 2.23. The minimum Gasteiger partial charge on any atom is -0.486 e. The normalized spacial score (nSPS) is 12.3. The van der Waals surface area contributed by atoms with Crippen molar-refractivity contribution in [2.24, 2.45) is 0 Å². The van der Waals surface area contributed by atoms with Crippen LogP contribution in [0.4, 0.5) is 0 Å². The van der Waals surface area contributed by atoms with Crippen LogP contribution in [-0.2, 0) is 0 Å². The van der Waals surface area contributed by atoms with Crippen LogP contribution >= 0.6 is 0 Å². The second-order valence-corrected chi connectivity index (χ2v) is 4.68. The van der Waals surface area contributed by atoms with Crippen LogP contribution in [0.5, 0.6) is 5.75 Å². The maximum Gasteiger partial charge on any atom is 0.121 e. The Morgan fingerprint density at radius 3 is 2.21 bits per heavy atom. The number of rotatable bonds is 3. The molecule has 3 aromatic rings. The van der Waals surface area contributed by atoms with Gasteiger partial charge in [-0.2, -0.15) is 0 Å². The van der Waals surface area contributed by atoms with Crippen LogP contribution < -0.4 is 4.74 Å². The summed E-state index contributed by atoms with van der Waals surface area (Å²) < 4.78 is 5.95. The van der Waals surface area contributed by atoms with Gasteiger partial charge in [-0.3, -0.25) is 0 Å². The fourth-order valence-corrected chi connectivity index (χ4v) is 2.23. The highest BCUT2D eigenvalue weighted by atomic mass is 16.5. The van der Waals surface area contributed by atoms with Crippen LogP contribution in [0.15, 0.2) is 72.8 Å². The molecular formula is C18H16O. The number of hydrogen-bond acceptors (Lipinski definition) is 1. The molecule has 0 fully saturated rings. The number of benzene rings is 3. The molecule has 0 radical (unpaired) electrons. The van der Waals surface area contributed by atoms with E-state index in [2.05, 4.69) is 49.4 Å². The lowest BCUT2D eigenvalue weighted by molar-refractivity contribution is 0.227. The third-order valence-electron chi connectivity index (χ3n) is 3.30. The first-order valence-corrected chi connectivity index (χ1v) is 6.53. The minimum atomic E-state index is 0.0482. The van der Waals surface area contributed by atoms with E-state index in [4.69, 9.17) is 4.74 Å². The van der Waals surface area contributed by atoms with Crippen molar-refractivity contribution in [1.82, 2.24) is 0 Å². The monoisotopic (exact) mass is 248 g/mol. The summed E-state index contributed by atoms with van der Waals surface area (Å²) in [6, 6.07) is 24.8. The largest absolute Gasteiger partial charge is 0.486 e. The fraction of sp³-hybridized carbons (Fsp3) is 0.111. The third kappa shape index (κ3) is 2.60. The van der Waals surface area contributed by atoms with Gasteiger partial charge >= 0.3 is 0 Å². The van der Waals surface area contributed by atoms with Gasteiger partial charge in [0.25, 0.3) is 0 Å².